The van der Waals surface area contributed by atoms with Crippen molar-refractivity contribution in [1.29, 1.82) is 0 Å². The second-order valence-electron chi connectivity index (χ2n) is 7.38. The van der Waals surface area contributed by atoms with Crippen molar-refractivity contribution in [2.24, 2.45) is 0 Å². The lowest BCUT2D eigenvalue weighted by Crippen LogP contribution is -2.39. The molecule has 1 aliphatic heterocycles. The fourth-order valence-corrected chi connectivity index (χ4v) is 4.23. The third kappa shape index (κ3) is 3.75. The van der Waals surface area contributed by atoms with E-state index in [9.17, 15) is 9.90 Å². The molecular formula is C20H30N2O2. The number of likely N-dealkylation sites (tertiary alicyclic amines) is 1. The van der Waals surface area contributed by atoms with E-state index >= 15 is 0 Å². The normalized spacial score (nSPS) is 20.9. The topological polar surface area (TPSA) is 45.5 Å². The second kappa shape index (κ2) is 7.56. The Hall–Kier alpha value is -1.55. The summed E-state index contributed by atoms with van der Waals surface area (Å²) in [7, 11) is 0. The third-order valence-electron chi connectivity index (χ3n) is 5.64. The molecule has 1 saturated carbocycles. The van der Waals surface area contributed by atoms with Crippen LogP contribution in [0, 0.1) is 13.8 Å². The number of aliphatic hydroxyl groups excluding tert-OH is 1. The number of hydrogen-bond donors (Lipinski definition) is 1. The number of carbonyl (C=O) groups excluding carboxylic acids is 1. The molecule has 0 atom stereocenters. The minimum Gasteiger partial charge on any atom is -0.393 e. The van der Waals surface area contributed by atoms with Crippen molar-refractivity contribution in [2.45, 2.75) is 70.9 Å². The van der Waals surface area contributed by atoms with Gasteiger partial charge in [0, 0.05) is 36.6 Å². The molecule has 0 spiro atoms. The maximum absolute atomic E-state index is 12.3. The van der Waals surface area contributed by atoms with E-state index in [1.807, 2.05) is 11.0 Å². The molecule has 3 rings (SSSR count). The van der Waals surface area contributed by atoms with Crippen LogP contribution in [0.5, 0.6) is 0 Å². The molecule has 4 heteroatoms. The first-order valence-corrected chi connectivity index (χ1v) is 9.39. The molecule has 1 aliphatic carbocycles. The molecule has 2 aliphatic rings. The Labute approximate surface area is 145 Å². The van der Waals surface area contributed by atoms with E-state index in [4.69, 9.17) is 0 Å². The van der Waals surface area contributed by atoms with E-state index in [0.29, 0.717) is 32.0 Å². The minimum atomic E-state index is -0.243. The van der Waals surface area contributed by atoms with E-state index in [2.05, 4.69) is 24.5 Å². The molecule has 0 bridgehead atoms. The Balaban J connectivity index is 1.69. The van der Waals surface area contributed by atoms with Crippen molar-refractivity contribution in [2.75, 3.05) is 13.1 Å². The number of aryl methyl sites for hydroxylation is 1. The van der Waals surface area contributed by atoms with E-state index in [1.165, 1.54) is 43.5 Å². The lowest BCUT2D eigenvalue weighted by Gasteiger charge is -2.28. The fourth-order valence-electron chi connectivity index (χ4n) is 4.23. The molecule has 2 heterocycles. The van der Waals surface area contributed by atoms with Crippen molar-refractivity contribution in [3.05, 3.63) is 29.1 Å². The van der Waals surface area contributed by atoms with Gasteiger partial charge in [-0.25, -0.2) is 0 Å². The second-order valence-corrected chi connectivity index (χ2v) is 7.38. The lowest BCUT2D eigenvalue weighted by atomic mass is 9.95. The molecule has 0 aromatic carbocycles. The molecular weight excluding hydrogens is 300 g/mol. The van der Waals surface area contributed by atoms with Crippen LogP contribution in [-0.2, 0) is 4.79 Å². The van der Waals surface area contributed by atoms with E-state index in [-0.39, 0.29) is 12.0 Å². The SMILES string of the molecule is Cc1cc(C=CC(=O)N2CCC(O)CC2)c(C)n1C1CCCCC1. The number of nitrogens with zero attached hydrogens (tertiary/aromatic N) is 2. The number of aromatic nitrogens is 1. The third-order valence-corrected chi connectivity index (χ3v) is 5.64. The summed E-state index contributed by atoms with van der Waals surface area (Å²) in [5.41, 5.74) is 3.73. The number of hydrogen-bond acceptors (Lipinski definition) is 2. The van der Waals surface area contributed by atoms with Gasteiger partial charge < -0.3 is 14.6 Å². The van der Waals surface area contributed by atoms with Gasteiger partial charge in [0.05, 0.1) is 6.10 Å². The number of aliphatic hydroxyl groups is 1. The highest BCUT2D eigenvalue weighted by molar-refractivity contribution is 5.92. The summed E-state index contributed by atoms with van der Waals surface area (Å²) in [4.78, 5) is 14.2. The summed E-state index contributed by atoms with van der Waals surface area (Å²) in [6, 6.07) is 2.83. The van der Waals surface area contributed by atoms with Gasteiger partial charge in [0.1, 0.15) is 0 Å². The summed E-state index contributed by atoms with van der Waals surface area (Å²) >= 11 is 0. The minimum absolute atomic E-state index is 0.0596. The average Bonchev–Trinajstić information content (AvgIpc) is 2.88. The summed E-state index contributed by atoms with van der Waals surface area (Å²) in [6.07, 6.45) is 11.4. The van der Waals surface area contributed by atoms with Crippen molar-refractivity contribution >= 4 is 12.0 Å². The molecule has 1 N–H and O–H groups in total. The molecule has 1 amide bonds. The van der Waals surface area contributed by atoms with Crippen molar-refractivity contribution in [3.8, 4) is 0 Å². The van der Waals surface area contributed by atoms with Gasteiger partial charge in [-0.2, -0.15) is 0 Å². The van der Waals surface area contributed by atoms with Crippen LogP contribution in [-0.4, -0.2) is 39.7 Å². The monoisotopic (exact) mass is 330 g/mol. The Kier molecular flexibility index (Phi) is 5.44. The number of rotatable bonds is 3. The van der Waals surface area contributed by atoms with Gasteiger partial charge in [0.2, 0.25) is 5.91 Å². The Morgan fingerprint density at radius 3 is 2.46 bits per heavy atom. The first kappa shape index (κ1) is 17.3. The Morgan fingerprint density at radius 1 is 1.12 bits per heavy atom. The Morgan fingerprint density at radius 2 is 1.79 bits per heavy atom. The predicted molar refractivity (Wildman–Crippen MR) is 96.9 cm³/mol. The van der Waals surface area contributed by atoms with Gasteiger partial charge in [-0.1, -0.05) is 19.3 Å². The van der Waals surface area contributed by atoms with Crippen molar-refractivity contribution < 1.29 is 9.90 Å². The van der Waals surface area contributed by atoms with Gasteiger partial charge in [-0.05, 0) is 57.2 Å². The van der Waals surface area contributed by atoms with Gasteiger partial charge >= 0.3 is 0 Å². The first-order valence-electron chi connectivity index (χ1n) is 9.39. The van der Waals surface area contributed by atoms with Crippen LogP contribution in [0.15, 0.2) is 12.1 Å². The van der Waals surface area contributed by atoms with E-state index < -0.39 is 0 Å². The van der Waals surface area contributed by atoms with Crippen LogP contribution in [0.2, 0.25) is 0 Å². The van der Waals surface area contributed by atoms with Crippen molar-refractivity contribution in [3.63, 3.8) is 0 Å². The standard InChI is InChI=1S/C20H30N2O2/c1-15-14-17(16(2)22(15)18-6-4-3-5-7-18)8-9-20(24)21-12-10-19(23)11-13-21/h8-9,14,18-19,23H,3-7,10-13H2,1-2H3. The van der Waals surface area contributed by atoms with Crippen LogP contribution >= 0.6 is 0 Å². The highest BCUT2D eigenvalue weighted by atomic mass is 16.3. The maximum Gasteiger partial charge on any atom is 0.246 e. The van der Waals surface area contributed by atoms with Crippen LogP contribution in [0.25, 0.3) is 6.08 Å². The Bertz CT molecular complexity index is 603. The predicted octanol–water partition coefficient (Wildman–Crippen LogP) is 3.61. The molecule has 1 saturated heterocycles. The number of carbonyl (C=O) groups is 1. The zero-order valence-corrected chi connectivity index (χ0v) is 15.0. The smallest absolute Gasteiger partial charge is 0.246 e. The van der Waals surface area contributed by atoms with Crippen LogP contribution in [0.1, 0.15) is 67.9 Å². The lowest BCUT2D eigenvalue weighted by molar-refractivity contribution is -0.127. The number of amides is 1. The molecule has 1 aromatic rings. The fraction of sp³-hybridized carbons (Fsp3) is 0.650. The molecule has 0 unspecified atom stereocenters. The largest absolute Gasteiger partial charge is 0.393 e. The summed E-state index contributed by atoms with van der Waals surface area (Å²) < 4.78 is 2.47. The highest BCUT2D eigenvalue weighted by Gasteiger charge is 2.21. The van der Waals surface area contributed by atoms with Gasteiger partial charge in [0.25, 0.3) is 0 Å². The van der Waals surface area contributed by atoms with E-state index in [1.54, 1.807) is 6.08 Å². The zero-order valence-electron chi connectivity index (χ0n) is 15.0. The van der Waals surface area contributed by atoms with Crippen LogP contribution in [0.4, 0.5) is 0 Å². The van der Waals surface area contributed by atoms with E-state index in [0.717, 1.165) is 5.56 Å². The number of piperidine rings is 1. The van der Waals surface area contributed by atoms with Gasteiger partial charge in [0.15, 0.2) is 0 Å². The molecule has 1 aromatic heterocycles. The summed E-state index contributed by atoms with van der Waals surface area (Å²) in [5, 5.41) is 9.55. The average molecular weight is 330 g/mol. The van der Waals surface area contributed by atoms with Gasteiger partial charge in [-0.3, -0.25) is 4.79 Å². The quantitative estimate of drug-likeness (QED) is 0.861. The molecule has 0 radical (unpaired) electrons. The van der Waals surface area contributed by atoms with Crippen LogP contribution < -0.4 is 0 Å². The summed E-state index contributed by atoms with van der Waals surface area (Å²) in [6.45, 7) is 5.66. The molecule has 132 valence electrons. The van der Waals surface area contributed by atoms with Crippen LogP contribution in [0.3, 0.4) is 0 Å². The zero-order chi connectivity index (χ0) is 17.1. The molecule has 2 fully saturated rings. The van der Waals surface area contributed by atoms with Gasteiger partial charge in [-0.15, -0.1) is 0 Å². The first-order chi connectivity index (χ1) is 11.6. The molecule has 24 heavy (non-hydrogen) atoms. The van der Waals surface area contributed by atoms with Crippen molar-refractivity contribution in [1.82, 2.24) is 9.47 Å². The maximum atomic E-state index is 12.3. The highest BCUT2D eigenvalue weighted by Crippen LogP contribution is 2.32. The molecule has 4 nitrogen and oxygen atoms in total. The summed E-state index contributed by atoms with van der Waals surface area (Å²) in [5.74, 6) is 0.0596.